The minimum Gasteiger partial charge on any atom is -0.496 e. The van der Waals surface area contributed by atoms with Gasteiger partial charge in [0.15, 0.2) is 0 Å². The van der Waals surface area contributed by atoms with Crippen LogP contribution >= 0.6 is 11.6 Å². The van der Waals surface area contributed by atoms with Gasteiger partial charge in [0.2, 0.25) is 0 Å². The van der Waals surface area contributed by atoms with E-state index >= 15 is 0 Å². The van der Waals surface area contributed by atoms with Crippen molar-refractivity contribution in [2.45, 2.75) is 12.5 Å². The van der Waals surface area contributed by atoms with Crippen molar-refractivity contribution in [3.05, 3.63) is 64.2 Å². The molecule has 5 heteroatoms. The molecule has 2 rings (SSSR count). The molecule has 2 aromatic rings. The number of hydrogen-bond acceptors (Lipinski definition) is 2. The number of aliphatic hydroxyl groups excluding tert-OH is 1. The van der Waals surface area contributed by atoms with E-state index in [0.717, 1.165) is 0 Å². The second-order valence-corrected chi connectivity index (χ2v) is 4.70. The molecule has 2 aromatic carbocycles. The van der Waals surface area contributed by atoms with Gasteiger partial charge in [-0.1, -0.05) is 29.8 Å². The zero-order valence-electron chi connectivity index (χ0n) is 10.7. The van der Waals surface area contributed by atoms with E-state index in [1.165, 1.54) is 25.3 Å². The van der Waals surface area contributed by atoms with Gasteiger partial charge in [-0.25, -0.2) is 8.78 Å². The van der Waals surface area contributed by atoms with E-state index in [9.17, 15) is 13.9 Å². The second kappa shape index (κ2) is 6.20. The molecule has 0 saturated heterocycles. The molecule has 0 heterocycles. The highest BCUT2D eigenvalue weighted by Crippen LogP contribution is 2.33. The number of benzene rings is 2. The molecule has 0 bridgehead atoms. The third-order valence-corrected chi connectivity index (χ3v) is 3.20. The predicted molar refractivity (Wildman–Crippen MR) is 73.5 cm³/mol. The van der Waals surface area contributed by atoms with Crippen LogP contribution in [0.25, 0.3) is 0 Å². The van der Waals surface area contributed by atoms with Gasteiger partial charge in [0.1, 0.15) is 11.9 Å². The van der Waals surface area contributed by atoms with Crippen LogP contribution in [0.2, 0.25) is 5.02 Å². The molecule has 0 aliphatic rings. The van der Waals surface area contributed by atoms with Gasteiger partial charge in [0.05, 0.1) is 7.11 Å². The van der Waals surface area contributed by atoms with E-state index < -0.39 is 12.5 Å². The molecule has 106 valence electrons. The molecule has 0 saturated carbocycles. The molecule has 0 aromatic heterocycles. The van der Waals surface area contributed by atoms with Gasteiger partial charge in [0, 0.05) is 16.1 Å². The van der Waals surface area contributed by atoms with Crippen LogP contribution in [-0.2, 0) is 0 Å². The monoisotopic (exact) mass is 298 g/mol. The Hall–Kier alpha value is -1.65. The standard InChI is InChI=1S/C15H13ClF2O2/c1-20-13-6-5-11(16)8-12(13)14(19)9-3-2-4-10(7-9)15(17)18/h2-8,14-15,19H,1H3. The molecule has 0 radical (unpaired) electrons. The van der Waals surface area contributed by atoms with E-state index in [-0.39, 0.29) is 5.56 Å². The fourth-order valence-corrected chi connectivity index (χ4v) is 2.14. The van der Waals surface area contributed by atoms with Crippen LogP contribution in [0.5, 0.6) is 5.75 Å². The summed E-state index contributed by atoms with van der Waals surface area (Å²) in [5, 5.41) is 10.8. The van der Waals surface area contributed by atoms with Crippen molar-refractivity contribution in [1.29, 1.82) is 0 Å². The van der Waals surface area contributed by atoms with E-state index in [2.05, 4.69) is 0 Å². The van der Waals surface area contributed by atoms with Crippen molar-refractivity contribution in [1.82, 2.24) is 0 Å². The van der Waals surface area contributed by atoms with Crippen molar-refractivity contribution in [2.75, 3.05) is 7.11 Å². The third-order valence-electron chi connectivity index (χ3n) is 2.96. The zero-order valence-corrected chi connectivity index (χ0v) is 11.4. The molecular weight excluding hydrogens is 286 g/mol. The summed E-state index contributed by atoms with van der Waals surface area (Å²) in [4.78, 5) is 0. The first-order chi connectivity index (χ1) is 9.52. The average molecular weight is 299 g/mol. The third kappa shape index (κ3) is 3.08. The molecule has 1 N–H and O–H groups in total. The number of alkyl halides is 2. The summed E-state index contributed by atoms with van der Waals surface area (Å²) >= 11 is 5.90. The highest BCUT2D eigenvalue weighted by molar-refractivity contribution is 6.30. The van der Waals surface area contributed by atoms with E-state index in [0.29, 0.717) is 21.9 Å². The number of methoxy groups -OCH3 is 1. The quantitative estimate of drug-likeness (QED) is 0.908. The topological polar surface area (TPSA) is 29.5 Å². The number of ether oxygens (including phenoxy) is 1. The summed E-state index contributed by atoms with van der Waals surface area (Å²) in [5.74, 6) is 0.448. The van der Waals surface area contributed by atoms with Gasteiger partial charge >= 0.3 is 0 Å². The lowest BCUT2D eigenvalue weighted by molar-refractivity contribution is 0.150. The number of hydrogen-bond donors (Lipinski definition) is 1. The number of aliphatic hydroxyl groups is 1. The summed E-state index contributed by atoms with van der Waals surface area (Å²) < 4.78 is 30.5. The van der Waals surface area contributed by atoms with E-state index in [1.807, 2.05) is 0 Å². The summed E-state index contributed by atoms with van der Waals surface area (Å²) in [7, 11) is 1.47. The first-order valence-corrected chi connectivity index (χ1v) is 6.30. The predicted octanol–water partition coefficient (Wildman–Crippen LogP) is 4.37. The highest BCUT2D eigenvalue weighted by Gasteiger charge is 2.17. The Balaban J connectivity index is 2.43. The molecule has 0 fully saturated rings. The fourth-order valence-electron chi connectivity index (χ4n) is 1.96. The summed E-state index contributed by atoms with van der Waals surface area (Å²) in [6.45, 7) is 0. The Bertz CT molecular complexity index is 602. The minimum absolute atomic E-state index is 0.137. The Morgan fingerprint density at radius 1 is 1.10 bits per heavy atom. The van der Waals surface area contributed by atoms with Crippen molar-refractivity contribution < 1.29 is 18.6 Å². The van der Waals surface area contributed by atoms with Crippen LogP contribution in [0, 0.1) is 0 Å². The molecular formula is C15H13ClF2O2. The second-order valence-electron chi connectivity index (χ2n) is 4.26. The first-order valence-electron chi connectivity index (χ1n) is 5.92. The van der Waals surface area contributed by atoms with Gasteiger partial charge in [-0.3, -0.25) is 0 Å². The highest BCUT2D eigenvalue weighted by atomic mass is 35.5. The van der Waals surface area contributed by atoms with Crippen LogP contribution in [0.3, 0.4) is 0 Å². The molecule has 0 amide bonds. The van der Waals surface area contributed by atoms with Crippen LogP contribution in [0.4, 0.5) is 8.78 Å². The van der Waals surface area contributed by atoms with Crippen LogP contribution in [-0.4, -0.2) is 12.2 Å². The maximum atomic E-state index is 12.7. The van der Waals surface area contributed by atoms with Gasteiger partial charge in [0.25, 0.3) is 6.43 Å². The molecule has 1 atom stereocenters. The first kappa shape index (κ1) is 14.8. The lowest BCUT2D eigenvalue weighted by Gasteiger charge is -2.16. The Labute approximate surface area is 120 Å². The Morgan fingerprint density at radius 3 is 2.45 bits per heavy atom. The smallest absolute Gasteiger partial charge is 0.263 e. The summed E-state index contributed by atoms with van der Waals surface area (Å²) in [5.41, 5.74) is 0.664. The maximum absolute atomic E-state index is 12.7. The van der Waals surface area contributed by atoms with Gasteiger partial charge in [-0.2, -0.15) is 0 Å². The minimum atomic E-state index is -2.58. The molecule has 0 spiro atoms. The largest absolute Gasteiger partial charge is 0.496 e. The van der Waals surface area contributed by atoms with Crippen LogP contribution in [0.15, 0.2) is 42.5 Å². The normalized spacial score (nSPS) is 12.5. The number of halogens is 3. The van der Waals surface area contributed by atoms with Crippen molar-refractivity contribution >= 4 is 11.6 Å². The molecule has 0 aliphatic heterocycles. The van der Waals surface area contributed by atoms with E-state index in [1.54, 1.807) is 24.3 Å². The van der Waals surface area contributed by atoms with Gasteiger partial charge in [-0.15, -0.1) is 0 Å². The van der Waals surface area contributed by atoms with Gasteiger partial charge in [-0.05, 0) is 29.8 Å². The molecule has 2 nitrogen and oxygen atoms in total. The maximum Gasteiger partial charge on any atom is 0.263 e. The fraction of sp³-hybridized carbons (Fsp3) is 0.200. The summed E-state index contributed by atoms with van der Waals surface area (Å²) in [6, 6.07) is 10.5. The Kier molecular flexibility index (Phi) is 4.57. The lowest BCUT2D eigenvalue weighted by Crippen LogP contribution is -2.03. The van der Waals surface area contributed by atoms with Crippen molar-refractivity contribution in [3.8, 4) is 5.75 Å². The number of rotatable bonds is 4. The van der Waals surface area contributed by atoms with Gasteiger partial charge < -0.3 is 9.84 Å². The van der Waals surface area contributed by atoms with E-state index in [4.69, 9.17) is 16.3 Å². The zero-order chi connectivity index (χ0) is 14.7. The Morgan fingerprint density at radius 2 is 1.80 bits per heavy atom. The van der Waals surface area contributed by atoms with Crippen molar-refractivity contribution in [3.63, 3.8) is 0 Å². The van der Waals surface area contributed by atoms with Crippen LogP contribution < -0.4 is 4.74 Å². The lowest BCUT2D eigenvalue weighted by atomic mass is 9.99. The van der Waals surface area contributed by atoms with Crippen molar-refractivity contribution in [2.24, 2.45) is 0 Å². The molecule has 1 unspecified atom stereocenters. The SMILES string of the molecule is COc1ccc(Cl)cc1C(O)c1cccc(C(F)F)c1. The van der Waals surface area contributed by atoms with Crippen LogP contribution in [0.1, 0.15) is 29.2 Å². The molecule has 0 aliphatic carbocycles. The average Bonchev–Trinajstić information content (AvgIpc) is 2.46. The molecule has 20 heavy (non-hydrogen) atoms. The summed E-state index contributed by atoms with van der Waals surface area (Å²) in [6.07, 6.45) is -3.66.